The van der Waals surface area contributed by atoms with Crippen LogP contribution in [0.25, 0.3) is 0 Å². The molecule has 0 aliphatic carbocycles. The molecule has 3 aromatic rings. The van der Waals surface area contributed by atoms with Crippen molar-refractivity contribution in [3.05, 3.63) is 95.1 Å². The smallest absolute Gasteiger partial charge is 0.304 e. The summed E-state index contributed by atoms with van der Waals surface area (Å²) < 4.78 is 0. The highest BCUT2D eigenvalue weighted by Crippen LogP contribution is 2.27. The van der Waals surface area contributed by atoms with Crippen molar-refractivity contribution in [2.45, 2.75) is 43.1 Å². The summed E-state index contributed by atoms with van der Waals surface area (Å²) in [6.07, 6.45) is 0.146. The van der Waals surface area contributed by atoms with Gasteiger partial charge in [0.05, 0.1) is 6.42 Å². The number of hydrogen-bond acceptors (Lipinski definition) is 3. The van der Waals surface area contributed by atoms with Crippen LogP contribution in [-0.2, 0) is 17.9 Å². The zero-order valence-electron chi connectivity index (χ0n) is 17.0. The lowest BCUT2D eigenvalue weighted by Crippen LogP contribution is -2.26. The topological polar surface area (TPSA) is 40.5 Å². The molecule has 0 saturated heterocycles. The molecule has 4 heteroatoms. The van der Waals surface area contributed by atoms with Crippen molar-refractivity contribution in [1.29, 1.82) is 0 Å². The first kappa shape index (κ1) is 21.2. The van der Waals surface area contributed by atoms with Crippen molar-refractivity contribution in [3.63, 3.8) is 0 Å². The van der Waals surface area contributed by atoms with E-state index in [0.717, 1.165) is 13.1 Å². The summed E-state index contributed by atoms with van der Waals surface area (Å²) >= 11 is 1.74. The molecule has 0 unspecified atom stereocenters. The molecule has 0 aromatic heterocycles. The van der Waals surface area contributed by atoms with Crippen LogP contribution in [0.5, 0.6) is 0 Å². The van der Waals surface area contributed by atoms with Crippen LogP contribution in [0.3, 0.4) is 0 Å². The van der Waals surface area contributed by atoms with Gasteiger partial charge in [-0.05, 0) is 54.8 Å². The lowest BCUT2D eigenvalue weighted by atomic mass is 10.0. The molecule has 0 atom stereocenters. The molecule has 3 aromatic carbocycles. The minimum Gasteiger partial charge on any atom is -0.481 e. The van der Waals surface area contributed by atoms with Crippen LogP contribution in [0.15, 0.2) is 82.6 Å². The van der Waals surface area contributed by atoms with Gasteiger partial charge in [0.15, 0.2) is 0 Å². The Balaban J connectivity index is 1.69. The molecule has 29 heavy (non-hydrogen) atoms. The summed E-state index contributed by atoms with van der Waals surface area (Å²) in [5.41, 5.74) is 4.92. The maximum atomic E-state index is 11.1. The lowest BCUT2D eigenvalue weighted by Gasteiger charge is -2.23. The quantitative estimate of drug-likeness (QED) is 0.479. The zero-order valence-corrected chi connectivity index (χ0v) is 17.8. The number of carboxylic acids is 1. The molecule has 0 saturated carbocycles. The van der Waals surface area contributed by atoms with Crippen LogP contribution in [0.4, 0.5) is 0 Å². The van der Waals surface area contributed by atoms with E-state index >= 15 is 0 Å². The lowest BCUT2D eigenvalue weighted by molar-refractivity contribution is -0.137. The van der Waals surface area contributed by atoms with Gasteiger partial charge in [-0.25, -0.2) is 0 Å². The molecule has 0 spiro atoms. The van der Waals surface area contributed by atoms with E-state index in [1.54, 1.807) is 11.8 Å². The Labute approximate surface area is 177 Å². The number of benzene rings is 3. The minimum atomic E-state index is -0.759. The predicted octanol–water partition coefficient (Wildman–Crippen LogP) is 5.93. The monoisotopic (exact) mass is 405 g/mol. The Morgan fingerprint density at radius 1 is 0.897 bits per heavy atom. The van der Waals surface area contributed by atoms with Gasteiger partial charge in [0.1, 0.15) is 0 Å². The maximum absolute atomic E-state index is 11.1. The summed E-state index contributed by atoms with van der Waals surface area (Å²) in [4.78, 5) is 15.8. The average Bonchev–Trinajstić information content (AvgIpc) is 2.71. The summed E-state index contributed by atoms with van der Waals surface area (Å²) in [7, 11) is 0. The molecule has 3 rings (SSSR count). The van der Waals surface area contributed by atoms with Gasteiger partial charge < -0.3 is 5.11 Å². The minimum absolute atomic E-state index is 0.146. The number of carboxylic acid groups (broad SMARTS) is 1. The van der Waals surface area contributed by atoms with E-state index in [9.17, 15) is 4.79 Å². The number of rotatable bonds is 9. The summed E-state index contributed by atoms with van der Waals surface area (Å²) in [5, 5.41) is 9.14. The van der Waals surface area contributed by atoms with E-state index in [4.69, 9.17) is 5.11 Å². The van der Waals surface area contributed by atoms with Crippen molar-refractivity contribution >= 4 is 17.7 Å². The molecular formula is C25H27NO2S. The fourth-order valence-corrected chi connectivity index (χ4v) is 4.06. The Morgan fingerprint density at radius 3 is 2.28 bits per heavy atom. The van der Waals surface area contributed by atoms with Gasteiger partial charge in [-0.1, -0.05) is 65.9 Å². The van der Waals surface area contributed by atoms with Gasteiger partial charge >= 0.3 is 5.97 Å². The van der Waals surface area contributed by atoms with Gasteiger partial charge in [0.2, 0.25) is 0 Å². The van der Waals surface area contributed by atoms with E-state index in [0.29, 0.717) is 6.54 Å². The van der Waals surface area contributed by atoms with E-state index in [1.807, 2.05) is 18.2 Å². The third kappa shape index (κ3) is 6.77. The second-order valence-corrected chi connectivity index (χ2v) is 8.49. The van der Waals surface area contributed by atoms with Crippen molar-refractivity contribution in [3.8, 4) is 0 Å². The average molecular weight is 406 g/mol. The standard InChI is InChI=1S/C25H27NO2S/c1-19-8-9-20(2)22(16-19)18-26(15-14-25(27)28)17-21-10-12-24(13-11-21)29-23-6-4-3-5-7-23/h3-13,16H,14-15,17-18H2,1-2H3,(H,27,28). The molecule has 0 radical (unpaired) electrons. The molecule has 0 aliphatic heterocycles. The van der Waals surface area contributed by atoms with Gasteiger partial charge in [-0.2, -0.15) is 0 Å². The summed E-state index contributed by atoms with van der Waals surface area (Å²) in [6, 6.07) is 25.3. The van der Waals surface area contributed by atoms with Gasteiger partial charge in [-0.15, -0.1) is 0 Å². The van der Waals surface area contributed by atoms with Crippen molar-refractivity contribution < 1.29 is 9.90 Å². The van der Waals surface area contributed by atoms with Gasteiger partial charge in [-0.3, -0.25) is 9.69 Å². The van der Waals surface area contributed by atoms with Crippen LogP contribution in [0.1, 0.15) is 28.7 Å². The Kier molecular flexibility index (Phi) is 7.50. The van der Waals surface area contributed by atoms with Crippen molar-refractivity contribution in [1.82, 2.24) is 4.90 Å². The normalized spacial score (nSPS) is 11.0. The highest BCUT2D eigenvalue weighted by atomic mass is 32.2. The molecule has 0 bridgehead atoms. The number of aliphatic carboxylic acids is 1. The molecule has 1 N–H and O–H groups in total. The molecule has 0 heterocycles. The molecule has 0 amide bonds. The van der Waals surface area contributed by atoms with E-state index in [1.165, 1.54) is 32.0 Å². The van der Waals surface area contributed by atoms with Gasteiger partial charge in [0.25, 0.3) is 0 Å². The van der Waals surface area contributed by atoms with Crippen molar-refractivity contribution in [2.24, 2.45) is 0 Å². The van der Waals surface area contributed by atoms with Gasteiger partial charge in [0, 0.05) is 29.4 Å². The fourth-order valence-electron chi connectivity index (χ4n) is 3.22. The summed E-state index contributed by atoms with van der Waals surface area (Å²) in [6.45, 7) is 6.22. The SMILES string of the molecule is Cc1ccc(C)c(CN(CCC(=O)O)Cc2ccc(Sc3ccccc3)cc2)c1. The van der Waals surface area contributed by atoms with E-state index in [2.05, 4.69) is 73.3 Å². The Hall–Kier alpha value is -2.56. The first-order valence-corrected chi connectivity index (χ1v) is 10.6. The number of carbonyl (C=O) groups is 1. The van der Waals surface area contributed by atoms with Crippen LogP contribution in [-0.4, -0.2) is 22.5 Å². The number of hydrogen-bond donors (Lipinski definition) is 1. The molecular weight excluding hydrogens is 378 g/mol. The predicted molar refractivity (Wildman–Crippen MR) is 119 cm³/mol. The van der Waals surface area contributed by atoms with E-state index in [-0.39, 0.29) is 6.42 Å². The van der Waals surface area contributed by atoms with Crippen LogP contribution < -0.4 is 0 Å². The number of aryl methyl sites for hydroxylation is 2. The van der Waals surface area contributed by atoms with Crippen LogP contribution in [0.2, 0.25) is 0 Å². The molecule has 0 fully saturated rings. The third-order valence-corrected chi connectivity index (χ3v) is 5.86. The fraction of sp³-hybridized carbons (Fsp3) is 0.240. The molecule has 3 nitrogen and oxygen atoms in total. The number of nitrogens with zero attached hydrogens (tertiary/aromatic N) is 1. The largest absolute Gasteiger partial charge is 0.481 e. The summed E-state index contributed by atoms with van der Waals surface area (Å²) in [5.74, 6) is -0.759. The highest BCUT2D eigenvalue weighted by Gasteiger charge is 2.11. The first-order valence-electron chi connectivity index (χ1n) is 9.82. The molecule has 150 valence electrons. The molecule has 0 aliphatic rings. The Morgan fingerprint density at radius 2 is 1.59 bits per heavy atom. The first-order chi connectivity index (χ1) is 14.0. The van der Waals surface area contributed by atoms with Crippen molar-refractivity contribution in [2.75, 3.05) is 6.54 Å². The Bertz CT molecular complexity index is 939. The third-order valence-electron chi connectivity index (χ3n) is 4.85. The highest BCUT2D eigenvalue weighted by molar-refractivity contribution is 7.99. The van der Waals surface area contributed by atoms with Crippen LogP contribution >= 0.6 is 11.8 Å². The second-order valence-electron chi connectivity index (χ2n) is 7.34. The van der Waals surface area contributed by atoms with E-state index < -0.39 is 5.97 Å². The maximum Gasteiger partial charge on any atom is 0.304 e. The van der Waals surface area contributed by atoms with Crippen LogP contribution in [0, 0.1) is 13.8 Å². The second kappa shape index (κ2) is 10.3. The zero-order chi connectivity index (χ0) is 20.6.